The van der Waals surface area contributed by atoms with Gasteiger partial charge in [-0.15, -0.1) is 0 Å². The Morgan fingerprint density at radius 1 is 1.11 bits per heavy atom. The first kappa shape index (κ1) is 18.8. The molecule has 6 nitrogen and oxygen atoms in total. The van der Waals surface area contributed by atoms with Crippen molar-refractivity contribution in [2.75, 3.05) is 11.6 Å². The van der Waals surface area contributed by atoms with E-state index in [0.717, 1.165) is 35.0 Å². The van der Waals surface area contributed by atoms with Gasteiger partial charge in [0.05, 0.1) is 4.90 Å². The lowest BCUT2D eigenvalue weighted by atomic mass is 9.94. The standard InChI is InChI=1S/C21H25N3O3S/c1-24-13-18(16-10-11-22-20(16)21(24)25)17-12-15(28(2,26)27)8-9-19(17)23-14-6-4-3-5-7-14/h8-14,22-23H,3-7H2,1-2H3. The minimum atomic E-state index is -3.35. The van der Waals surface area contributed by atoms with Crippen molar-refractivity contribution in [3.8, 4) is 11.1 Å². The second kappa shape index (κ2) is 7.13. The molecule has 7 heteroatoms. The highest BCUT2D eigenvalue weighted by molar-refractivity contribution is 7.90. The highest BCUT2D eigenvalue weighted by Crippen LogP contribution is 2.35. The van der Waals surface area contributed by atoms with Crippen LogP contribution >= 0.6 is 0 Å². The van der Waals surface area contributed by atoms with Gasteiger partial charge in [0.2, 0.25) is 0 Å². The van der Waals surface area contributed by atoms with Crippen LogP contribution in [0.15, 0.2) is 46.3 Å². The van der Waals surface area contributed by atoms with Crippen molar-refractivity contribution in [2.24, 2.45) is 7.05 Å². The number of aromatic amines is 1. The van der Waals surface area contributed by atoms with E-state index in [1.54, 1.807) is 31.6 Å². The fourth-order valence-corrected chi connectivity index (χ4v) is 4.70. The predicted molar refractivity (Wildman–Crippen MR) is 113 cm³/mol. The summed E-state index contributed by atoms with van der Waals surface area (Å²) >= 11 is 0. The van der Waals surface area contributed by atoms with Crippen LogP contribution < -0.4 is 10.9 Å². The van der Waals surface area contributed by atoms with E-state index in [-0.39, 0.29) is 10.5 Å². The van der Waals surface area contributed by atoms with Crippen LogP contribution in [0.1, 0.15) is 32.1 Å². The maximum absolute atomic E-state index is 12.4. The quantitative estimate of drug-likeness (QED) is 0.701. The Morgan fingerprint density at radius 3 is 2.57 bits per heavy atom. The van der Waals surface area contributed by atoms with Gasteiger partial charge in [-0.2, -0.15) is 0 Å². The smallest absolute Gasteiger partial charge is 0.274 e. The number of aryl methyl sites for hydroxylation is 1. The lowest BCUT2D eigenvalue weighted by Gasteiger charge is -2.25. The normalized spacial score (nSPS) is 15.8. The number of sulfone groups is 1. The number of aromatic nitrogens is 2. The van der Waals surface area contributed by atoms with E-state index in [1.165, 1.54) is 30.1 Å². The molecule has 148 valence electrons. The molecule has 0 amide bonds. The van der Waals surface area contributed by atoms with Crippen LogP contribution in [0.2, 0.25) is 0 Å². The molecule has 0 atom stereocenters. The van der Waals surface area contributed by atoms with E-state index in [2.05, 4.69) is 10.3 Å². The molecule has 0 saturated heterocycles. The van der Waals surface area contributed by atoms with Crippen LogP contribution in [0, 0.1) is 0 Å². The molecule has 1 saturated carbocycles. The highest BCUT2D eigenvalue weighted by atomic mass is 32.2. The van der Waals surface area contributed by atoms with Crippen molar-refractivity contribution in [2.45, 2.75) is 43.0 Å². The summed E-state index contributed by atoms with van der Waals surface area (Å²) in [7, 11) is -1.64. The molecular weight excluding hydrogens is 374 g/mol. The molecule has 2 N–H and O–H groups in total. The first-order valence-electron chi connectivity index (χ1n) is 9.62. The average molecular weight is 400 g/mol. The van der Waals surface area contributed by atoms with E-state index in [4.69, 9.17) is 0 Å². The van der Waals surface area contributed by atoms with Crippen LogP contribution in [0.25, 0.3) is 22.0 Å². The Balaban J connectivity index is 1.92. The molecule has 4 rings (SSSR count). The van der Waals surface area contributed by atoms with E-state index >= 15 is 0 Å². The number of hydrogen-bond acceptors (Lipinski definition) is 4. The Labute approximate surface area is 164 Å². The largest absolute Gasteiger partial charge is 0.382 e. The monoisotopic (exact) mass is 399 g/mol. The van der Waals surface area contributed by atoms with Crippen LogP contribution in [-0.4, -0.2) is 30.3 Å². The molecule has 1 aliphatic carbocycles. The third-order valence-electron chi connectivity index (χ3n) is 5.57. The van der Waals surface area contributed by atoms with Crippen molar-refractivity contribution >= 4 is 26.4 Å². The van der Waals surface area contributed by atoms with E-state index in [1.807, 2.05) is 12.1 Å². The number of fused-ring (bicyclic) bond motifs is 1. The van der Waals surface area contributed by atoms with Gasteiger partial charge in [0.1, 0.15) is 5.52 Å². The summed E-state index contributed by atoms with van der Waals surface area (Å²) in [6.45, 7) is 0. The Morgan fingerprint density at radius 2 is 1.86 bits per heavy atom. The number of hydrogen-bond donors (Lipinski definition) is 2. The molecule has 1 aromatic carbocycles. The fourth-order valence-electron chi connectivity index (χ4n) is 4.05. The van der Waals surface area contributed by atoms with E-state index in [9.17, 15) is 13.2 Å². The second-order valence-electron chi connectivity index (χ2n) is 7.68. The molecule has 1 aliphatic rings. The van der Waals surface area contributed by atoms with Crippen molar-refractivity contribution in [1.29, 1.82) is 0 Å². The summed E-state index contributed by atoms with van der Waals surface area (Å²) in [5, 5.41) is 4.42. The van der Waals surface area contributed by atoms with Gasteiger partial charge >= 0.3 is 0 Å². The van der Waals surface area contributed by atoms with Crippen molar-refractivity contribution in [1.82, 2.24) is 9.55 Å². The lowest BCUT2D eigenvalue weighted by molar-refractivity contribution is 0.463. The molecule has 0 unspecified atom stereocenters. The third kappa shape index (κ3) is 3.46. The zero-order chi connectivity index (χ0) is 19.9. The van der Waals surface area contributed by atoms with Crippen molar-refractivity contribution in [3.63, 3.8) is 0 Å². The molecule has 0 spiro atoms. The molecule has 1 fully saturated rings. The molecule has 28 heavy (non-hydrogen) atoms. The lowest BCUT2D eigenvalue weighted by Crippen LogP contribution is -2.23. The summed E-state index contributed by atoms with van der Waals surface area (Å²) in [5.74, 6) is 0. The molecule has 0 radical (unpaired) electrons. The number of nitrogens with zero attached hydrogens (tertiary/aromatic N) is 1. The van der Waals surface area contributed by atoms with Gasteiger partial charge in [-0.25, -0.2) is 8.42 Å². The fraction of sp³-hybridized carbons (Fsp3) is 0.381. The summed E-state index contributed by atoms with van der Waals surface area (Å²) in [6, 6.07) is 7.46. The number of benzene rings is 1. The third-order valence-corrected chi connectivity index (χ3v) is 6.68. The van der Waals surface area contributed by atoms with Gasteiger partial charge in [-0.1, -0.05) is 19.3 Å². The zero-order valence-corrected chi connectivity index (χ0v) is 17.0. The topological polar surface area (TPSA) is 84.0 Å². The van der Waals surface area contributed by atoms with Gasteiger partial charge in [-0.05, 0) is 37.1 Å². The van der Waals surface area contributed by atoms with Crippen LogP contribution in [0.3, 0.4) is 0 Å². The average Bonchev–Trinajstić information content (AvgIpc) is 3.15. The first-order chi connectivity index (χ1) is 13.3. The maximum atomic E-state index is 12.4. The van der Waals surface area contributed by atoms with Gasteiger partial charge in [0.25, 0.3) is 5.56 Å². The van der Waals surface area contributed by atoms with E-state index in [0.29, 0.717) is 11.6 Å². The Kier molecular flexibility index (Phi) is 4.79. The Bertz CT molecular complexity index is 1190. The highest BCUT2D eigenvalue weighted by Gasteiger charge is 2.19. The summed E-state index contributed by atoms with van der Waals surface area (Å²) in [5.41, 5.74) is 2.95. The van der Waals surface area contributed by atoms with Gasteiger partial charge in [-0.3, -0.25) is 4.79 Å². The Hall–Kier alpha value is -2.54. The number of pyridine rings is 1. The number of anilines is 1. The number of H-pyrrole nitrogens is 1. The second-order valence-corrected chi connectivity index (χ2v) is 9.70. The van der Waals surface area contributed by atoms with Gasteiger partial charge in [0, 0.05) is 53.9 Å². The van der Waals surface area contributed by atoms with Crippen LogP contribution in [0.5, 0.6) is 0 Å². The predicted octanol–water partition coefficient (Wildman–Crippen LogP) is 3.68. The number of rotatable bonds is 4. The molecule has 3 aromatic rings. The minimum Gasteiger partial charge on any atom is -0.382 e. The molecule has 2 heterocycles. The number of nitrogens with one attached hydrogen (secondary N) is 2. The molecular formula is C21H25N3O3S. The van der Waals surface area contributed by atoms with E-state index < -0.39 is 9.84 Å². The van der Waals surface area contributed by atoms with Crippen molar-refractivity contribution in [3.05, 3.63) is 47.0 Å². The van der Waals surface area contributed by atoms with Crippen LogP contribution in [0.4, 0.5) is 5.69 Å². The first-order valence-corrected chi connectivity index (χ1v) is 11.5. The molecule has 0 bridgehead atoms. The summed E-state index contributed by atoms with van der Waals surface area (Å²) in [4.78, 5) is 15.7. The van der Waals surface area contributed by atoms with Gasteiger partial charge < -0.3 is 14.9 Å². The maximum Gasteiger partial charge on any atom is 0.274 e. The van der Waals surface area contributed by atoms with Gasteiger partial charge in [0.15, 0.2) is 9.84 Å². The van der Waals surface area contributed by atoms with Crippen molar-refractivity contribution < 1.29 is 8.42 Å². The summed E-state index contributed by atoms with van der Waals surface area (Å²) < 4.78 is 25.9. The minimum absolute atomic E-state index is 0.107. The summed E-state index contributed by atoms with van der Waals surface area (Å²) in [6.07, 6.45) is 10.6. The SMILES string of the molecule is Cn1cc(-c2cc(S(C)(=O)=O)ccc2NC2CCCCC2)c2cc[nH]c2c1=O. The molecule has 0 aliphatic heterocycles. The zero-order valence-electron chi connectivity index (χ0n) is 16.2. The molecule has 2 aromatic heterocycles. The van der Waals surface area contributed by atoms with Crippen LogP contribution in [-0.2, 0) is 16.9 Å².